The van der Waals surface area contributed by atoms with E-state index >= 15 is 0 Å². The monoisotopic (exact) mass is 239 g/mol. The molecule has 1 aliphatic rings. The van der Waals surface area contributed by atoms with Crippen molar-refractivity contribution in [1.82, 2.24) is 15.1 Å². The first-order valence-corrected chi connectivity index (χ1v) is 7.07. The van der Waals surface area contributed by atoms with Gasteiger partial charge in [-0.25, -0.2) is 0 Å². The molecule has 0 saturated carbocycles. The molecule has 1 aromatic heterocycles. The maximum absolute atomic E-state index is 4.29. The molecule has 0 aliphatic carbocycles. The molecule has 0 amide bonds. The zero-order chi connectivity index (χ0) is 11.5. The van der Waals surface area contributed by atoms with E-state index < -0.39 is 0 Å². The Morgan fingerprint density at radius 2 is 2.50 bits per heavy atom. The van der Waals surface area contributed by atoms with Gasteiger partial charge in [-0.1, -0.05) is 0 Å². The fourth-order valence-electron chi connectivity index (χ4n) is 2.16. The minimum Gasteiger partial charge on any atom is -0.309 e. The molecule has 0 bridgehead atoms. The van der Waals surface area contributed by atoms with Crippen LogP contribution in [0.15, 0.2) is 6.20 Å². The number of nitrogens with zero attached hydrogens (tertiary/aromatic N) is 2. The third-order valence-corrected chi connectivity index (χ3v) is 4.81. The Kier molecular flexibility index (Phi) is 3.92. The molecule has 0 aromatic carbocycles. The molecule has 0 radical (unpaired) electrons. The van der Waals surface area contributed by atoms with E-state index in [1.54, 1.807) is 0 Å². The van der Waals surface area contributed by atoms with Gasteiger partial charge in [0.05, 0.1) is 6.20 Å². The van der Waals surface area contributed by atoms with E-state index in [1.165, 1.54) is 29.9 Å². The van der Waals surface area contributed by atoms with E-state index in [4.69, 9.17) is 0 Å². The van der Waals surface area contributed by atoms with Crippen molar-refractivity contribution in [3.05, 3.63) is 17.5 Å². The van der Waals surface area contributed by atoms with Crippen LogP contribution < -0.4 is 5.32 Å². The third kappa shape index (κ3) is 2.61. The first-order chi connectivity index (χ1) is 7.68. The number of nitrogens with one attached hydrogen (secondary N) is 1. The minimum absolute atomic E-state index is 0.412. The van der Waals surface area contributed by atoms with Crippen LogP contribution in [0, 0.1) is 6.92 Å². The summed E-state index contributed by atoms with van der Waals surface area (Å²) in [5.41, 5.74) is 2.59. The standard InChI is InChI=1S/C12H21N3S/c1-9(12-8-14-15(3)10(12)2)13-7-11-5-4-6-16-11/h8-9,11,13H,4-7H2,1-3H3. The summed E-state index contributed by atoms with van der Waals surface area (Å²) in [6.07, 6.45) is 4.74. The highest BCUT2D eigenvalue weighted by Crippen LogP contribution is 2.26. The van der Waals surface area contributed by atoms with Crippen molar-refractivity contribution in [3.8, 4) is 0 Å². The van der Waals surface area contributed by atoms with Gasteiger partial charge in [0, 0.05) is 36.1 Å². The van der Waals surface area contributed by atoms with Gasteiger partial charge in [0.2, 0.25) is 0 Å². The van der Waals surface area contributed by atoms with Gasteiger partial charge in [-0.2, -0.15) is 16.9 Å². The van der Waals surface area contributed by atoms with E-state index in [0.29, 0.717) is 6.04 Å². The van der Waals surface area contributed by atoms with Gasteiger partial charge < -0.3 is 5.32 Å². The third-order valence-electron chi connectivity index (χ3n) is 3.42. The summed E-state index contributed by atoms with van der Waals surface area (Å²) in [4.78, 5) is 0. The maximum atomic E-state index is 4.29. The lowest BCUT2D eigenvalue weighted by Crippen LogP contribution is -2.26. The van der Waals surface area contributed by atoms with Crippen molar-refractivity contribution >= 4 is 11.8 Å². The Bertz CT molecular complexity index is 342. The van der Waals surface area contributed by atoms with E-state index in [-0.39, 0.29) is 0 Å². The summed E-state index contributed by atoms with van der Waals surface area (Å²) in [6.45, 7) is 5.48. The Morgan fingerprint density at radius 3 is 3.06 bits per heavy atom. The first-order valence-electron chi connectivity index (χ1n) is 6.02. The lowest BCUT2D eigenvalue weighted by Gasteiger charge is -2.16. The molecule has 0 spiro atoms. The average molecular weight is 239 g/mol. The molecule has 2 atom stereocenters. The Morgan fingerprint density at radius 1 is 1.69 bits per heavy atom. The zero-order valence-corrected chi connectivity index (χ0v) is 11.2. The zero-order valence-electron chi connectivity index (χ0n) is 10.4. The Hall–Kier alpha value is -0.480. The molecule has 3 nitrogen and oxygen atoms in total. The van der Waals surface area contributed by atoms with Crippen molar-refractivity contribution in [2.24, 2.45) is 7.05 Å². The fraction of sp³-hybridized carbons (Fsp3) is 0.750. The highest BCUT2D eigenvalue weighted by Gasteiger charge is 2.17. The van der Waals surface area contributed by atoms with Gasteiger partial charge in [-0.3, -0.25) is 4.68 Å². The van der Waals surface area contributed by atoms with Crippen LogP contribution in [-0.4, -0.2) is 27.3 Å². The molecule has 1 fully saturated rings. The molecule has 1 aromatic rings. The molecular weight excluding hydrogens is 218 g/mol. The van der Waals surface area contributed by atoms with E-state index in [9.17, 15) is 0 Å². The Balaban J connectivity index is 1.87. The molecular formula is C12H21N3S. The molecule has 16 heavy (non-hydrogen) atoms. The molecule has 1 N–H and O–H groups in total. The number of thioether (sulfide) groups is 1. The van der Waals surface area contributed by atoms with Crippen LogP contribution in [0.1, 0.15) is 37.1 Å². The second-order valence-electron chi connectivity index (χ2n) is 4.57. The van der Waals surface area contributed by atoms with Gasteiger partial charge in [-0.05, 0) is 32.4 Å². The van der Waals surface area contributed by atoms with Crippen LogP contribution in [0.25, 0.3) is 0 Å². The van der Waals surface area contributed by atoms with Crippen LogP contribution in [-0.2, 0) is 7.05 Å². The number of rotatable bonds is 4. The number of aromatic nitrogens is 2. The van der Waals surface area contributed by atoms with Gasteiger partial charge in [0.25, 0.3) is 0 Å². The largest absolute Gasteiger partial charge is 0.309 e. The number of hydrogen-bond acceptors (Lipinski definition) is 3. The minimum atomic E-state index is 0.412. The van der Waals surface area contributed by atoms with E-state index in [0.717, 1.165) is 11.8 Å². The summed E-state index contributed by atoms with van der Waals surface area (Å²) in [6, 6.07) is 0.412. The molecule has 1 aliphatic heterocycles. The number of hydrogen-bond donors (Lipinski definition) is 1. The molecule has 2 rings (SSSR count). The highest BCUT2D eigenvalue weighted by atomic mass is 32.2. The van der Waals surface area contributed by atoms with Crippen LogP contribution in [0.4, 0.5) is 0 Å². The van der Waals surface area contributed by atoms with Gasteiger partial charge in [-0.15, -0.1) is 0 Å². The summed E-state index contributed by atoms with van der Waals surface area (Å²) in [5, 5.41) is 8.73. The van der Waals surface area contributed by atoms with Crippen molar-refractivity contribution in [3.63, 3.8) is 0 Å². The van der Waals surface area contributed by atoms with Gasteiger partial charge in [0.15, 0.2) is 0 Å². The molecule has 1 saturated heterocycles. The van der Waals surface area contributed by atoms with Gasteiger partial charge in [0.1, 0.15) is 0 Å². The second-order valence-corrected chi connectivity index (χ2v) is 5.98. The maximum Gasteiger partial charge on any atom is 0.0540 e. The average Bonchev–Trinajstić information content (AvgIpc) is 2.88. The predicted octanol–water partition coefficient (Wildman–Crippen LogP) is 2.27. The predicted molar refractivity (Wildman–Crippen MR) is 69.8 cm³/mol. The molecule has 2 heterocycles. The summed E-state index contributed by atoms with van der Waals surface area (Å²) >= 11 is 2.11. The lowest BCUT2D eigenvalue weighted by atomic mass is 10.1. The number of aryl methyl sites for hydroxylation is 1. The molecule has 4 heteroatoms. The summed E-state index contributed by atoms with van der Waals surface area (Å²) in [7, 11) is 2.00. The van der Waals surface area contributed by atoms with Crippen LogP contribution in [0.5, 0.6) is 0 Å². The van der Waals surface area contributed by atoms with Crippen LogP contribution >= 0.6 is 11.8 Å². The molecule has 90 valence electrons. The lowest BCUT2D eigenvalue weighted by molar-refractivity contribution is 0.556. The Labute approximate surface area is 102 Å². The SMILES string of the molecule is Cc1c(C(C)NCC2CCCS2)cnn1C. The second kappa shape index (κ2) is 5.23. The normalized spacial score (nSPS) is 22.6. The van der Waals surface area contributed by atoms with Crippen molar-refractivity contribution in [1.29, 1.82) is 0 Å². The van der Waals surface area contributed by atoms with Crippen molar-refractivity contribution < 1.29 is 0 Å². The van der Waals surface area contributed by atoms with Crippen molar-refractivity contribution in [2.75, 3.05) is 12.3 Å². The van der Waals surface area contributed by atoms with E-state index in [2.05, 4.69) is 36.0 Å². The van der Waals surface area contributed by atoms with E-state index in [1.807, 2.05) is 17.9 Å². The van der Waals surface area contributed by atoms with Crippen LogP contribution in [0.2, 0.25) is 0 Å². The topological polar surface area (TPSA) is 29.9 Å². The summed E-state index contributed by atoms with van der Waals surface area (Å²) < 4.78 is 1.94. The summed E-state index contributed by atoms with van der Waals surface area (Å²) in [5.74, 6) is 1.34. The fourth-order valence-corrected chi connectivity index (χ4v) is 3.38. The quantitative estimate of drug-likeness (QED) is 0.874. The van der Waals surface area contributed by atoms with Crippen molar-refractivity contribution in [2.45, 2.75) is 38.0 Å². The van der Waals surface area contributed by atoms with Crippen LogP contribution in [0.3, 0.4) is 0 Å². The van der Waals surface area contributed by atoms with Gasteiger partial charge >= 0.3 is 0 Å². The first kappa shape index (κ1) is 12.0. The highest BCUT2D eigenvalue weighted by molar-refractivity contribution is 8.00. The molecule has 2 unspecified atom stereocenters. The smallest absolute Gasteiger partial charge is 0.0540 e.